The fourth-order valence-corrected chi connectivity index (χ4v) is 3.78. The van der Waals surface area contributed by atoms with Gasteiger partial charge in [-0.1, -0.05) is 12.8 Å². The molecular weight excluding hydrogens is 342 g/mol. The Hall–Kier alpha value is -2.31. The van der Waals surface area contributed by atoms with E-state index in [4.69, 9.17) is 4.74 Å². The van der Waals surface area contributed by atoms with Crippen LogP contribution in [0.25, 0.3) is 0 Å². The molecule has 7 nitrogen and oxygen atoms in total. The van der Waals surface area contributed by atoms with Crippen LogP contribution in [0.3, 0.4) is 0 Å². The van der Waals surface area contributed by atoms with Gasteiger partial charge in [-0.05, 0) is 38.3 Å². The Labute approximate surface area is 161 Å². The number of nitrogens with zero attached hydrogens (tertiary/aromatic N) is 3. The largest absolute Gasteiger partial charge is 0.490 e. The van der Waals surface area contributed by atoms with Crippen molar-refractivity contribution in [3.63, 3.8) is 0 Å². The van der Waals surface area contributed by atoms with E-state index in [0.717, 1.165) is 50.6 Å². The maximum atomic E-state index is 12.6. The lowest BCUT2D eigenvalue weighted by molar-refractivity contribution is -0.134. The molecular formula is C20H31N5O2. The average Bonchev–Trinajstić information content (AvgIpc) is 3.38. The number of nitrogens with one attached hydrogen (secondary N) is 2. The van der Waals surface area contributed by atoms with E-state index in [9.17, 15) is 4.79 Å². The van der Waals surface area contributed by atoms with Crippen molar-refractivity contribution in [1.82, 2.24) is 20.5 Å². The zero-order valence-corrected chi connectivity index (χ0v) is 16.2. The highest BCUT2D eigenvalue weighted by atomic mass is 16.5. The molecule has 1 atom stereocenters. The predicted octanol–water partition coefficient (Wildman–Crippen LogP) is 1.81. The first-order valence-electron chi connectivity index (χ1n) is 10.1. The molecule has 2 fully saturated rings. The van der Waals surface area contributed by atoms with Gasteiger partial charge in [0.2, 0.25) is 5.91 Å². The second-order valence-corrected chi connectivity index (χ2v) is 7.19. The summed E-state index contributed by atoms with van der Waals surface area (Å²) < 4.78 is 5.63. The lowest BCUT2D eigenvalue weighted by Crippen LogP contribution is -2.45. The molecule has 1 unspecified atom stereocenters. The predicted molar refractivity (Wildman–Crippen MR) is 106 cm³/mol. The summed E-state index contributed by atoms with van der Waals surface area (Å²) in [5, 5.41) is 6.74. The van der Waals surface area contributed by atoms with Gasteiger partial charge in [0.15, 0.2) is 5.96 Å². The maximum absolute atomic E-state index is 12.6. The maximum Gasteiger partial charge on any atom is 0.225 e. The van der Waals surface area contributed by atoms with Gasteiger partial charge in [0.25, 0.3) is 0 Å². The summed E-state index contributed by atoms with van der Waals surface area (Å²) in [5.41, 5.74) is 0. The third kappa shape index (κ3) is 5.84. The minimum absolute atomic E-state index is 0.257. The molecule has 1 aromatic rings. The minimum atomic E-state index is 0.257. The Bertz CT molecular complexity index is 616. The van der Waals surface area contributed by atoms with Crippen molar-refractivity contribution in [2.45, 2.75) is 45.1 Å². The Balaban J connectivity index is 1.43. The van der Waals surface area contributed by atoms with Crippen molar-refractivity contribution in [2.24, 2.45) is 10.9 Å². The molecule has 27 heavy (non-hydrogen) atoms. The highest BCUT2D eigenvalue weighted by Gasteiger charge is 2.32. The van der Waals surface area contributed by atoms with Crippen molar-refractivity contribution >= 4 is 11.9 Å². The summed E-state index contributed by atoms with van der Waals surface area (Å²) in [7, 11) is 0. The number of hydrogen-bond acceptors (Lipinski definition) is 4. The number of hydrogen-bond donors (Lipinski definition) is 2. The van der Waals surface area contributed by atoms with Crippen LogP contribution in [-0.2, 0) is 4.79 Å². The molecule has 2 aliphatic rings. The molecule has 0 bridgehead atoms. The summed E-state index contributed by atoms with van der Waals surface area (Å²) in [4.78, 5) is 23.2. The molecule has 2 N–H and O–H groups in total. The van der Waals surface area contributed by atoms with E-state index in [-0.39, 0.29) is 12.0 Å². The van der Waals surface area contributed by atoms with E-state index in [0.29, 0.717) is 19.1 Å². The Morgan fingerprint density at radius 1 is 1.37 bits per heavy atom. The molecule has 148 valence electrons. The lowest BCUT2D eigenvalue weighted by Gasteiger charge is -2.21. The van der Waals surface area contributed by atoms with Crippen LogP contribution in [0.1, 0.15) is 39.0 Å². The van der Waals surface area contributed by atoms with Crippen LogP contribution in [0.2, 0.25) is 0 Å². The molecule has 2 heterocycles. The Kier molecular flexibility index (Phi) is 7.30. The smallest absolute Gasteiger partial charge is 0.225 e. The fourth-order valence-electron chi connectivity index (χ4n) is 3.78. The highest BCUT2D eigenvalue weighted by molar-refractivity contribution is 5.81. The molecule has 1 aromatic heterocycles. The van der Waals surface area contributed by atoms with E-state index in [2.05, 4.69) is 20.6 Å². The van der Waals surface area contributed by atoms with Crippen molar-refractivity contribution in [2.75, 3.05) is 32.8 Å². The second-order valence-electron chi connectivity index (χ2n) is 7.19. The molecule has 0 radical (unpaired) electrons. The van der Waals surface area contributed by atoms with Crippen molar-refractivity contribution in [3.05, 3.63) is 24.5 Å². The zero-order chi connectivity index (χ0) is 18.9. The van der Waals surface area contributed by atoms with Crippen LogP contribution in [-0.4, -0.2) is 60.6 Å². The fraction of sp³-hybridized carbons (Fsp3) is 0.650. The first kappa shape index (κ1) is 19.5. The molecule has 1 amide bonds. The van der Waals surface area contributed by atoms with Gasteiger partial charge in [0.05, 0.1) is 12.7 Å². The Morgan fingerprint density at radius 2 is 2.22 bits per heavy atom. The summed E-state index contributed by atoms with van der Waals surface area (Å²) in [5.74, 6) is 2.15. The number of aliphatic imine (C=N–C) groups is 1. The third-order valence-corrected chi connectivity index (χ3v) is 5.15. The summed E-state index contributed by atoms with van der Waals surface area (Å²) in [6.45, 7) is 5.52. The van der Waals surface area contributed by atoms with Gasteiger partial charge in [-0.15, -0.1) is 0 Å². The number of aromatic nitrogens is 1. The molecule has 0 aromatic carbocycles. The molecule has 1 saturated carbocycles. The average molecular weight is 374 g/mol. The monoisotopic (exact) mass is 373 g/mol. The molecule has 1 aliphatic heterocycles. The molecule has 1 saturated heterocycles. The van der Waals surface area contributed by atoms with E-state index in [1.54, 1.807) is 12.4 Å². The lowest BCUT2D eigenvalue weighted by atomic mass is 10.1. The van der Waals surface area contributed by atoms with Gasteiger partial charge in [0, 0.05) is 37.8 Å². The number of pyridine rings is 1. The third-order valence-electron chi connectivity index (χ3n) is 5.15. The number of guanidine groups is 1. The topological polar surface area (TPSA) is 78.9 Å². The van der Waals surface area contributed by atoms with Crippen molar-refractivity contribution in [3.8, 4) is 5.75 Å². The first-order valence-corrected chi connectivity index (χ1v) is 10.1. The minimum Gasteiger partial charge on any atom is -0.490 e. The number of carbonyl (C=O) groups excluding carboxylic acids is 1. The van der Waals surface area contributed by atoms with Crippen molar-refractivity contribution < 1.29 is 9.53 Å². The van der Waals surface area contributed by atoms with Crippen molar-refractivity contribution in [1.29, 1.82) is 0 Å². The van der Waals surface area contributed by atoms with E-state index < -0.39 is 0 Å². The molecule has 7 heteroatoms. The van der Waals surface area contributed by atoms with Crippen LogP contribution in [0.15, 0.2) is 29.5 Å². The summed E-state index contributed by atoms with van der Waals surface area (Å²) in [6.07, 6.45) is 8.91. The number of amides is 1. The summed E-state index contributed by atoms with van der Waals surface area (Å²) in [6, 6.07) is 3.99. The van der Waals surface area contributed by atoms with Gasteiger partial charge >= 0.3 is 0 Å². The van der Waals surface area contributed by atoms with E-state index >= 15 is 0 Å². The quantitative estimate of drug-likeness (QED) is 0.433. The molecule has 3 rings (SSSR count). The van der Waals surface area contributed by atoms with Gasteiger partial charge in [-0.2, -0.15) is 0 Å². The van der Waals surface area contributed by atoms with Crippen LogP contribution >= 0.6 is 0 Å². The van der Waals surface area contributed by atoms with Crippen LogP contribution in [0.4, 0.5) is 0 Å². The number of likely N-dealkylation sites (tertiary alicyclic amines) is 1. The summed E-state index contributed by atoms with van der Waals surface area (Å²) >= 11 is 0. The van der Waals surface area contributed by atoms with Gasteiger partial charge in [-0.3, -0.25) is 9.78 Å². The first-order chi connectivity index (χ1) is 13.3. The molecule has 1 aliphatic carbocycles. The molecule has 0 spiro atoms. The zero-order valence-electron chi connectivity index (χ0n) is 16.2. The standard InChI is InChI=1S/C20H31N5O2/c1-2-22-20(23-11-13-27-18-8-5-10-21-14-18)24-17-9-12-25(15-17)19(26)16-6-3-4-7-16/h5,8,10,14,16-17H,2-4,6-7,9,11-13,15H2,1H3,(H2,22,23,24). The van der Waals surface area contributed by atoms with Gasteiger partial charge in [-0.25, -0.2) is 4.99 Å². The Morgan fingerprint density at radius 3 is 2.96 bits per heavy atom. The van der Waals surface area contributed by atoms with Crippen LogP contribution < -0.4 is 15.4 Å². The van der Waals surface area contributed by atoms with Gasteiger partial charge < -0.3 is 20.3 Å². The second kappa shape index (κ2) is 10.1. The number of carbonyl (C=O) groups is 1. The van der Waals surface area contributed by atoms with E-state index in [1.165, 1.54) is 12.8 Å². The van der Waals surface area contributed by atoms with E-state index in [1.807, 2.05) is 24.0 Å². The van der Waals surface area contributed by atoms with Gasteiger partial charge in [0.1, 0.15) is 12.4 Å². The normalized spacial score (nSPS) is 20.7. The number of ether oxygens (including phenoxy) is 1. The van der Waals surface area contributed by atoms with Crippen LogP contribution in [0.5, 0.6) is 5.75 Å². The highest BCUT2D eigenvalue weighted by Crippen LogP contribution is 2.27. The van der Waals surface area contributed by atoms with Crippen LogP contribution in [0, 0.1) is 5.92 Å². The SMILES string of the molecule is CCNC(=NCCOc1cccnc1)NC1CCN(C(=O)C2CCCC2)C1. The number of rotatable bonds is 7.